The molecule has 1 amide bonds. The first-order valence-electron chi connectivity index (χ1n) is 7.19. The van der Waals surface area contributed by atoms with Gasteiger partial charge in [-0.25, -0.2) is 0 Å². The first kappa shape index (κ1) is 16.8. The maximum absolute atomic E-state index is 11.8. The Morgan fingerprint density at radius 3 is 2.85 bits per heavy atom. The lowest BCUT2D eigenvalue weighted by molar-refractivity contribution is -0.130. The number of halogens is 1. The second kappa shape index (κ2) is 9.65. The molecule has 0 fully saturated rings. The number of nitrogens with zero attached hydrogens (tertiary/aromatic N) is 1. The summed E-state index contributed by atoms with van der Waals surface area (Å²) in [5.41, 5.74) is 1.08. The molecule has 1 aromatic rings. The minimum atomic E-state index is 0.128. The van der Waals surface area contributed by atoms with Gasteiger partial charge >= 0.3 is 0 Å². The third kappa shape index (κ3) is 6.29. The summed E-state index contributed by atoms with van der Waals surface area (Å²) in [5, 5.41) is 0. The molecule has 0 atom stereocenters. The van der Waals surface area contributed by atoms with Crippen LogP contribution in [0.2, 0.25) is 0 Å². The molecule has 1 aromatic carbocycles. The van der Waals surface area contributed by atoms with Crippen LogP contribution in [0.1, 0.15) is 38.2 Å². The van der Waals surface area contributed by atoms with Gasteiger partial charge in [0.2, 0.25) is 5.91 Å². The number of carbonyl (C=O) groups is 1. The summed E-state index contributed by atoms with van der Waals surface area (Å²) < 4.78 is 5.67. The molecule has 0 heterocycles. The van der Waals surface area contributed by atoms with E-state index in [9.17, 15) is 4.79 Å². The van der Waals surface area contributed by atoms with E-state index in [1.165, 1.54) is 0 Å². The van der Waals surface area contributed by atoms with Gasteiger partial charge in [-0.15, -0.1) is 11.6 Å². The van der Waals surface area contributed by atoms with Crippen molar-refractivity contribution in [2.75, 3.05) is 19.5 Å². The van der Waals surface area contributed by atoms with E-state index in [1.807, 2.05) is 31.3 Å². The van der Waals surface area contributed by atoms with Crippen LogP contribution in [0.5, 0.6) is 5.75 Å². The van der Waals surface area contributed by atoms with Crippen LogP contribution in [0, 0.1) is 0 Å². The molecule has 0 aliphatic rings. The first-order valence-corrected chi connectivity index (χ1v) is 7.72. The van der Waals surface area contributed by atoms with Crippen molar-refractivity contribution < 1.29 is 9.53 Å². The van der Waals surface area contributed by atoms with Crippen molar-refractivity contribution in [1.82, 2.24) is 4.90 Å². The Morgan fingerprint density at radius 1 is 1.35 bits per heavy atom. The van der Waals surface area contributed by atoms with Gasteiger partial charge in [0.25, 0.3) is 0 Å². The second-order valence-corrected chi connectivity index (χ2v) is 5.27. The second-order valence-electron chi connectivity index (χ2n) is 4.89. The molecule has 0 unspecified atom stereocenters. The molecule has 0 bridgehead atoms. The third-order valence-corrected chi connectivity index (χ3v) is 3.30. The Kier molecular flexibility index (Phi) is 8.12. The summed E-state index contributed by atoms with van der Waals surface area (Å²) >= 11 is 5.60. The number of hydrogen-bond donors (Lipinski definition) is 0. The van der Waals surface area contributed by atoms with Crippen molar-refractivity contribution in [2.45, 2.75) is 39.2 Å². The lowest BCUT2D eigenvalue weighted by Crippen LogP contribution is -2.25. The number of hydrogen-bond acceptors (Lipinski definition) is 2. The zero-order valence-corrected chi connectivity index (χ0v) is 13.2. The van der Waals surface area contributed by atoms with Crippen molar-refractivity contribution in [1.29, 1.82) is 0 Å². The molecule has 0 spiro atoms. The lowest BCUT2D eigenvalue weighted by atomic mass is 10.2. The average molecular weight is 298 g/mol. The SMILES string of the molecule is CCCCOc1cccc(CN(C)C(=O)CCCCl)c1. The van der Waals surface area contributed by atoms with E-state index >= 15 is 0 Å². The fraction of sp³-hybridized carbons (Fsp3) is 0.562. The highest BCUT2D eigenvalue weighted by Crippen LogP contribution is 2.15. The number of alkyl halides is 1. The highest BCUT2D eigenvalue weighted by Gasteiger charge is 2.09. The van der Waals surface area contributed by atoms with Crippen molar-refractivity contribution >= 4 is 17.5 Å². The molecule has 0 aliphatic carbocycles. The van der Waals surface area contributed by atoms with E-state index in [2.05, 4.69) is 6.92 Å². The van der Waals surface area contributed by atoms with Crippen LogP contribution in [-0.2, 0) is 11.3 Å². The predicted octanol–water partition coefficient (Wildman–Crippen LogP) is 3.84. The van der Waals surface area contributed by atoms with Crippen LogP contribution < -0.4 is 4.74 Å². The summed E-state index contributed by atoms with van der Waals surface area (Å²) in [6.45, 7) is 3.48. The zero-order chi connectivity index (χ0) is 14.8. The summed E-state index contributed by atoms with van der Waals surface area (Å²) in [6, 6.07) is 7.93. The van der Waals surface area contributed by atoms with Gasteiger partial charge in [0.1, 0.15) is 5.75 Å². The molecule has 112 valence electrons. The van der Waals surface area contributed by atoms with Crippen molar-refractivity contribution in [2.24, 2.45) is 0 Å². The summed E-state index contributed by atoms with van der Waals surface area (Å²) in [5.74, 6) is 1.53. The monoisotopic (exact) mass is 297 g/mol. The van der Waals surface area contributed by atoms with Gasteiger partial charge in [-0.05, 0) is 30.5 Å². The largest absolute Gasteiger partial charge is 0.494 e. The Bertz CT molecular complexity index is 409. The molecule has 1 rings (SSSR count). The van der Waals surface area contributed by atoms with Gasteiger partial charge in [-0.2, -0.15) is 0 Å². The third-order valence-electron chi connectivity index (χ3n) is 3.03. The van der Waals surface area contributed by atoms with Crippen molar-refractivity contribution in [3.63, 3.8) is 0 Å². The zero-order valence-electron chi connectivity index (χ0n) is 12.4. The Morgan fingerprint density at radius 2 is 2.15 bits per heavy atom. The van der Waals surface area contributed by atoms with E-state index in [-0.39, 0.29) is 5.91 Å². The summed E-state index contributed by atoms with van der Waals surface area (Å²) in [6.07, 6.45) is 3.41. The van der Waals surface area contributed by atoms with Gasteiger partial charge in [-0.3, -0.25) is 4.79 Å². The first-order chi connectivity index (χ1) is 9.67. The smallest absolute Gasteiger partial charge is 0.222 e. The van der Waals surface area contributed by atoms with Crippen LogP contribution in [0.3, 0.4) is 0 Å². The van der Waals surface area contributed by atoms with Crippen molar-refractivity contribution in [3.05, 3.63) is 29.8 Å². The minimum absolute atomic E-state index is 0.128. The highest BCUT2D eigenvalue weighted by molar-refractivity contribution is 6.17. The number of ether oxygens (including phenoxy) is 1. The van der Waals surface area contributed by atoms with E-state index in [0.29, 0.717) is 18.8 Å². The molecular formula is C16H24ClNO2. The standard InChI is InChI=1S/C16H24ClNO2/c1-3-4-11-20-15-8-5-7-14(12-15)13-18(2)16(19)9-6-10-17/h5,7-8,12H,3-4,6,9-11,13H2,1-2H3. The predicted molar refractivity (Wildman–Crippen MR) is 83.3 cm³/mol. The Labute approximate surface area is 126 Å². The minimum Gasteiger partial charge on any atom is -0.494 e. The maximum Gasteiger partial charge on any atom is 0.222 e. The fourth-order valence-corrected chi connectivity index (χ4v) is 1.97. The number of carbonyl (C=O) groups excluding carboxylic acids is 1. The Balaban J connectivity index is 2.50. The molecule has 20 heavy (non-hydrogen) atoms. The molecule has 0 aliphatic heterocycles. The molecule has 0 saturated carbocycles. The normalized spacial score (nSPS) is 10.3. The van der Waals surface area contributed by atoms with Crippen LogP contribution >= 0.6 is 11.6 Å². The van der Waals surface area contributed by atoms with Gasteiger partial charge in [-0.1, -0.05) is 25.5 Å². The van der Waals surface area contributed by atoms with Gasteiger partial charge in [0, 0.05) is 25.9 Å². The fourth-order valence-electron chi connectivity index (χ4n) is 1.84. The summed E-state index contributed by atoms with van der Waals surface area (Å²) in [7, 11) is 1.82. The van der Waals surface area contributed by atoms with Crippen molar-refractivity contribution in [3.8, 4) is 5.75 Å². The molecule has 3 nitrogen and oxygen atoms in total. The van der Waals surface area contributed by atoms with Gasteiger partial charge in [0.05, 0.1) is 6.61 Å². The van der Waals surface area contributed by atoms with E-state index in [1.54, 1.807) is 4.90 Å². The Hall–Kier alpha value is -1.22. The van der Waals surface area contributed by atoms with Crippen LogP contribution in [0.4, 0.5) is 0 Å². The van der Waals surface area contributed by atoms with Gasteiger partial charge < -0.3 is 9.64 Å². The highest BCUT2D eigenvalue weighted by atomic mass is 35.5. The molecular weight excluding hydrogens is 274 g/mol. The number of benzene rings is 1. The van der Waals surface area contributed by atoms with Crippen LogP contribution in [0.25, 0.3) is 0 Å². The molecule has 0 saturated heterocycles. The topological polar surface area (TPSA) is 29.5 Å². The van der Waals surface area contributed by atoms with E-state index in [0.717, 1.165) is 37.2 Å². The quantitative estimate of drug-likeness (QED) is 0.512. The maximum atomic E-state index is 11.8. The number of unbranched alkanes of at least 4 members (excludes halogenated alkanes) is 1. The summed E-state index contributed by atoms with van der Waals surface area (Å²) in [4.78, 5) is 13.6. The number of rotatable bonds is 9. The average Bonchev–Trinajstić information content (AvgIpc) is 2.45. The molecule has 0 aromatic heterocycles. The molecule has 0 N–H and O–H groups in total. The number of amides is 1. The lowest BCUT2D eigenvalue weighted by Gasteiger charge is -2.17. The van der Waals surface area contributed by atoms with Gasteiger partial charge in [0.15, 0.2) is 0 Å². The molecule has 0 radical (unpaired) electrons. The van der Waals surface area contributed by atoms with E-state index < -0.39 is 0 Å². The van der Waals surface area contributed by atoms with E-state index in [4.69, 9.17) is 16.3 Å². The van der Waals surface area contributed by atoms with Crippen LogP contribution in [-0.4, -0.2) is 30.3 Å². The molecule has 4 heteroatoms. The van der Waals surface area contributed by atoms with Crippen LogP contribution in [0.15, 0.2) is 24.3 Å².